The van der Waals surface area contributed by atoms with Gasteiger partial charge in [-0.2, -0.15) is 0 Å². The SMILES string of the molecule is [c]1cc(-c2cccnc2)ccc1C1CNCCN1. The number of nitrogens with one attached hydrogen (secondary N) is 2. The van der Waals surface area contributed by atoms with Crippen molar-refractivity contribution in [2.45, 2.75) is 6.04 Å². The van der Waals surface area contributed by atoms with Crippen molar-refractivity contribution < 1.29 is 0 Å². The van der Waals surface area contributed by atoms with Gasteiger partial charge in [-0.3, -0.25) is 4.98 Å². The minimum Gasteiger partial charge on any atom is -0.314 e. The Morgan fingerprint density at radius 1 is 1.17 bits per heavy atom. The van der Waals surface area contributed by atoms with E-state index in [9.17, 15) is 0 Å². The molecule has 2 N–H and O–H groups in total. The third-order valence-corrected chi connectivity index (χ3v) is 3.25. The van der Waals surface area contributed by atoms with Crippen LogP contribution in [0.3, 0.4) is 0 Å². The van der Waals surface area contributed by atoms with Crippen LogP contribution >= 0.6 is 0 Å². The first-order chi connectivity index (χ1) is 8.93. The lowest BCUT2D eigenvalue weighted by molar-refractivity contribution is 0.430. The highest BCUT2D eigenvalue weighted by atomic mass is 15.1. The molecule has 18 heavy (non-hydrogen) atoms. The number of hydrogen-bond donors (Lipinski definition) is 2. The van der Waals surface area contributed by atoms with Crippen molar-refractivity contribution in [1.82, 2.24) is 15.6 Å². The van der Waals surface area contributed by atoms with Crippen LogP contribution in [0.1, 0.15) is 11.6 Å². The van der Waals surface area contributed by atoms with E-state index in [2.05, 4.69) is 39.9 Å². The number of pyridine rings is 1. The van der Waals surface area contributed by atoms with Crippen LogP contribution in [0.15, 0.2) is 42.7 Å². The summed E-state index contributed by atoms with van der Waals surface area (Å²) in [5.41, 5.74) is 3.51. The topological polar surface area (TPSA) is 37.0 Å². The van der Waals surface area contributed by atoms with Crippen LogP contribution in [0.2, 0.25) is 0 Å². The van der Waals surface area contributed by atoms with Gasteiger partial charge in [-0.05, 0) is 29.3 Å². The maximum absolute atomic E-state index is 4.14. The van der Waals surface area contributed by atoms with Gasteiger partial charge in [-0.15, -0.1) is 0 Å². The average molecular weight is 238 g/mol. The summed E-state index contributed by atoms with van der Waals surface area (Å²) in [5, 5.41) is 6.88. The second kappa shape index (κ2) is 5.29. The van der Waals surface area contributed by atoms with Gasteiger partial charge in [0.2, 0.25) is 0 Å². The molecule has 0 aliphatic carbocycles. The molecule has 0 saturated carbocycles. The van der Waals surface area contributed by atoms with Crippen molar-refractivity contribution in [2.24, 2.45) is 0 Å². The van der Waals surface area contributed by atoms with Gasteiger partial charge in [0, 0.05) is 43.6 Å². The van der Waals surface area contributed by atoms with E-state index in [1.165, 1.54) is 5.56 Å². The molecule has 1 aliphatic rings. The first-order valence-corrected chi connectivity index (χ1v) is 6.29. The predicted octanol–water partition coefficient (Wildman–Crippen LogP) is 1.78. The molecule has 0 amide bonds. The predicted molar refractivity (Wildman–Crippen MR) is 72.1 cm³/mol. The fourth-order valence-corrected chi connectivity index (χ4v) is 2.24. The largest absolute Gasteiger partial charge is 0.314 e. The zero-order valence-electron chi connectivity index (χ0n) is 10.2. The zero-order chi connectivity index (χ0) is 12.2. The number of piperazine rings is 1. The van der Waals surface area contributed by atoms with Gasteiger partial charge in [0.25, 0.3) is 0 Å². The van der Waals surface area contributed by atoms with Crippen LogP contribution in [0.4, 0.5) is 0 Å². The molecule has 1 aromatic heterocycles. The van der Waals surface area contributed by atoms with Crippen LogP contribution in [-0.4, -0.2) is 24.6 Å². The molecule has 1 atom stereocenters. The molecule has 3 rings (SSSR count). The summed E-state index contributed by atoms with van der Waals surface area (Å²) < 4.78 is 0. The molecular weight excluding hydrogens is 222 g/mol. The second-order valence-corrected chi connectivity index (χ2v) is 4.49. The number of benzene rings is 1. The van der Waals surface area contributed by atoms with Crippen molar-refractivity contribution >= 4 is 0 Å². The fraction of sp³-hybridized carbons (Fsp3) is 0.267. The molecule has 2 aromatic rings. The minimum atomic E-state index is 0.377. The maximum Gasteiger partial charge on any atom is 0.0453 e. The van der Waals surface area contributed by atoms with Gasteiger partial charge >= 0.3 is 0 Å². The monoisotopic (exact) mass is 238 g/mol. The summed E-state index contributed by atoms with van der Waals surface area (Å²) in [4.78, 5) is 4.14. The Morgan fingerprint density at radius 2 is 2.17 bits per heavy atom. The molecule has 0 spiro atoms. The number of rotatable bonds is 2. The molecule has 91 valence electrons. The van der Waals surface area contributed by atoms with Gasteiger partial charge in [0.05, 0.1) is 0 Å². The number of aromatic nitrogens is 1. The Labute approximate surface area is 107 Å². The Morgan fingerprint density at radius 3 is 2.83 bits per heavy atom. The van der Waals surface area contributed by atoms with E-state index in [4.69, 9.17) is 0 Å². The molecule has 3 heteroatoms. The van der Waals surface area contributed by atoms with Crippen LogP contribution in [0.25, 0.3) is 11.1 Å². The van der Waals surface area contributed by atoms with E-state index in [1.54, 1.807) is 6.20 Å². The molecule has 1 unspecified atom stereocenters. The van der Waals surface area contributed by atoms with E-state index in [-0.39, 0.29) is 0 Å². The lowest BCUT2D eigenvalue weighted by Gasteiger charge is -2.24. The molecule has 1 aromatic carbocycles. The van der Waals surface area contributed by atoms with Gasteiger partial charge in [-0.1, -0.05) is 18.2 Å². The highest BCUT2D eigenvalue weighted by Gasteiger charge is 2.13. The Balaban J connectivity index is 1.80. The standard InChI is InChI=1S/C15H16N3/c1-2-14(10-16-7-1)12-3-5-13(6-4-12)15-11-17-8-9-18-15/h1-5,7,10,15,17-18H,8-9,11H2. The van der Waals surface area contributed by atoms with Gasteiger partial charge < -0.3 is 10.6 Å². The third kappa shape index (κ3) is 2.42. The quantitative estimate of drug-likeness (QED) is 0.837. The Kier molecular flexibility index (Phi) is 3.35. The minimum absolute atomic E-state index is 0.377. The van der Waals surface area contributed by atoms with Crippen molar-refractivity contribution in [1.29, 1.82) is 0 Å². The Bertz CT molecular complexity index is 487. The summed E-state index contributed by atoms with van der Waals surface area (Å²) in [7, 11) is 0. The van der Waals surface area contributed by atoms with Crippen molar-refractivity contribution in [3.63, 3.8) is 0 Å². The fourth-order valence-electron chi connectivity index (χ4n) is 2.24. The summed E-state index contributed by atoms with van der Waals surface area (Å²) in [6, 6.07) is 14.1. The van der Waals surface area contributed by atoms with Crippen LogP contribution in [0, 0.1) is 6.07 Å². The lowest BCUT2D eigenvalue weighted by atomic mass is 10.0. The summed E-state index contributed by atoms with van der Waals surface area (Å²) in [5.74, 6) is 0. The van der Waals surface area contributed by atoms with E-state index in [0.717, 1.165) is 30.8 Å². The summed E-state index contributed by atoms with van der Waals surface area (Å²) in [6.45, 7) is 3.04. The third-order valence-electron chi connectivity index (χ3n) is 3.25. The molecule has 3 nitrogen and oxygen atoms in total. The smallest absolute Gasteiger partial charge is 0.0453 e. The van der Waals surface area contributed by atoms with E-state index in [0.29, 0.717) is 6.04 Å². The zero-order valence-corrected chi connectivity index (χ0v) is 10.2. The van der Waals surface area contributed by atoms with E-state index < -0.39 is 0 Å². The van der Waals surface area contributed by atoms with Crippen LogP contribution in [-0.2, 0) is 0 Å². The molecule has 2 heterocycles. The van der Waals surface area contributed by atoms with Gasteiger partial charge in [0.1, 0.15) is 0 Å². The maximum atomic E-state index is 4.14. The molecule has 1 saturated heterocycles. The molecule has 1 radical (unpaired) electrons. The highest BCUT2D eigenvalue weighted by Crippen LogP contribution is 2.21. The normalized spacial score (nSPS) is 19.7. The molecule has 0 bridgehead atoms. The lowest BCUT2D eigenvalue weighted by Crippen LogP contribution is -2.42. The Hall–Kier alpha value is -1.71. The van der Waals surface area contributed by atoms with Crippen molar-refractivity contribution in [3.05, 3.63) is 54.4 Å². The average Bonchev–Trinajstić information content (AvgIpc) is 2.49. The van der Waals surface area contributed by atoms with Crippen LogP contribution in [0.5, 0.6) is 0 Å². The van der Waals surface area contributed by atoms with E-state index >= 15 is 0 Å². The second-order valence-electron chi connectivity index (χ2n) is 4.49. The van der Waals surface area contributed by atoms with E-state index in [1.807, 2.05) is 18.3 Å². The van der Waals surface area contributed by atoms with Gasteiger partial charge in [0.15, 0.2) is 0 Å². The van der Waals surface area contributed by atoms with Gasteiger partial charge in [-0.25, -0.2) is 0 Å². The van der Waals surface area contributed by atoms with Crippen molar-refractivity contribution in [3.8, 4) is 11.1 Å². The molecule has 1 aliphatic heterocycles. The van der Waals surface area contributed by atoms with Crippen molar-refractivity contribution in [2.75, 3.05) is 19.6 Å². The summed E-state index contributed by atoms with van der Waals surface area (Å²) >= 11 is 0. The number of nitrogens with zero attached hydrogens (tertiary/aromatic N) is 1. The summed E-state index contributed by atoms with van der Waals surface area (Å²) in [6.07, 6.45) is 3.67. The molecule has 1 fully saturated rings. The first-order valence-electron chi connectivity index (χ1n) is 6.29. The molecular formula is C15H16N3. The first kappa shape index (κ1) is 11.4. The van der Waals surface area contributed by atoms with Crippen LogP contribution < -0.4 is 10.6 Å². The number of hydrogen-bond acceptors (Lipinski definition) is 3. The highest BCUT2D eigenvalue weighted by molar-refractivity contribution is 5.62.